The molecule has 0 amide bonds. The first-order chi connectivity index (χ1) is 7.65. The van der Waals surface area contributed by atoms with Gasteiger partial charge in [0.2, 0.25) is 0 Å². The van der Waals surface area contributed by atoms with Gasteiger partial charge < -0.3 is 11.1 Å². The Bertz CT molecular complexity index is 492. The van der Waals surface area contributed by atoms with E-state index in [1.165, 1.54) is 0 Å². The largest absolute Gasteiger partial charge is 0.396 e. The Morgan fingerprint density at radius 1 is 1.31 bits per heavy atom. The summed E-state index contributed by atoms with van der Waals surface area (Å²) >= 11 is 1.64. The normalized spacial score (nSPS) is 10.4. The van der Waals surface area contributed by atoms with Crippen LogP contribution in [-0.4, -0.2) is 9.97 Å². The average molecular weight is 234 g/mol. The highest BCUT2D eigenvalue weighted by Gasteiger charge is 2.02. The summed E-state index contributed by atoms with van der Waals surface area (Å²) in [6, 6.07) is 3.75. The van der Waals surface area contributed by atoms with Gasteiger partial charge in [-0.1, -0.05) is 0 Å². The monoisotopic (exact) mass is 234 g/mol. The van der Waals surface area contributed by atoms with E-state index in [1.54, 1.807) is 11.3 Å². The van der Waals surface area contributed by atoms with E-state index in [2.05, 4.69) is 15.3 Å². The molecule has 16 heavy (non-hydrogen) atoms. The van der Waals surface area contributed by atoms with E-state index in [1.807, 2.05) is 31.4 Å². The van der Waals surface area contributed by atoms with Gasteiger partial charge in [0.1, 0.15) is 5.82 Å². The molecular formula is C11H14N4S. The van der Waals surface area contributed by atoms with Crippen molar-refractivity contribution < 1.29 is 0 Å². The first-order valence-electron chi connectivity index (χ1n) is 5.03. The van der Waals surface area contributed by atoms with Crippen molar-refractivity contribution in [2.45, 2.75) is 20.4 Å². The van der Waals surface area contributed by atoms with Crippen LogP contribution in [0.1, 0.15) is 16.4 Å². The molecular weight excluding hydrogens is 220 g/mol. The Labute approximate surface area is 98.6 Å². The highest BCUT2D eigenvalue weighted by atomic mass is 32.1. The summed E-state index contributed by atoms with van der Waals surface area (Å²) in [7, 11) is 0. The summed E-state index contributed by atoms with van der Waals surface area (Å²) in [5.74, 6) is 0.727. The van der Waals surface area contributed by atoms with Crippen LogP contribution in [0.2, 0.25) is 0 Å². The van der Waals surface area contributed by atoms with E-state index in [-0.39, 0.29) is 0 Å². The van der Waals surface area contributed by atoms with Gasteiger partial charge in [-0.05, 0) is 26.0 Å². The molecule has 0 unspecified atom stereocenters. The van der Waals surface area contributed by atoms with E-state index in [9.17, 15) is 0 Å². The van der Waals surface area contributed by atoms with Gasteiger partial charge in [-0.15, -0.1) is 11.3 Å². The second-order valence-corrected chi connectivity index (χ2v) is 4.66. The molecule has 0 atom stereocenters. The molecule has 2 aromatic heterocycles. The van der Waals surface area contributed by atoms with Crippen LogP contribution in [0.4, 0.5) is 11.5 Å². The minimum atomic E-state index is 0.658. The third-order valence-electron chi connectivity index (χ3n) is 2.17. The highest BCUT2D eigenvalue weighted by molar-refractivity contribution is 7.09. The lowest BCUT2D eigenvalue weighted by atomic mass is 10.3. The Morgan fingerprint density at radius 2 is 2.12 bits per heavy atom. The second kappa shape index (κ2) is 4.49. The number of nitrogens with one attached hydrogen (secondary N) is 1. The number of nitrogens with two attached hydrogens (primary N) is 1. The number of nitrogens with zero attached hydrogens (tertiary/aromatic N) is 2. The van der Waals surface area contributed by atoms with E-state index in [4.69, 9.17) is 5.73 Å². The molecule has 4 nitrogen and oxygen atoms in total. The van der Waals surface area contributed by atoms with Crippen LogP contribution in [0.5, 0.6) is 0 Å². The SMILES string of the molecule is Cc1ccc(N)c(NCc2csc(C)n2)n1. The Hall–Kier alpha value is -1.62. The Kier molecular flexibility index (Phi) is 3.05. The lowest BCUT2D eigenvalue weighted by Crippen LogP contribution is -2.05. The van der Waals surface area contributed by atoms with E-state index in [0.717, 1.165) is 22.2 Å². The van der Waals surface area contributed by atoms with Crippen LogP contribution in [0.15, 0.2) is 17.5 Å². The van der Waals surface area contributed by atoms with Gasteiger partial charge in [-0.3, -0.25) is 0 Å². The number of aryl methyl sites for hydroxylation is 2. The minimum absolute atomic E-state index is 0.658. The number of pyridine rings is 1. The van der Waals surface area contributed by atoms with Crippen molar-refractivity contribution in [3.8, 4) is 0 Å². The zero-order valence-electron chi connectivity index (χ0n) is 9.32. The molecule has 2 rings (SSSR count). The van der Waals surface area contributed by atoms with Crippen LogP contribution in [0, 0.1) is 13.8 Å². The fourth-order valence-corrected chi connectivity index (χ4v) is 1.99. The van der Waals surface area contributed by atoms with Crippen molar-refractivity contribution in [1.29, 1.82) is 0 Å². The van der Waals surface area contributed by atoms with Crippen molar-refractivity contribution >= 4 is 22.8 Å². The Balaban J connectivity index is 2.07. The summed E-state index contributed by atoms with van der Waals surface area (Å²) in [6.45, 7) is 4.59. The first kappa shape index (κ1) is 10.9. The fourth-order valence-electron chi connectivity index (χ4n) is 1.37. The zero-order valence-corrected chi connectivity index (χ0v) is 10.1. The van der Waals surface area contributed by atoms with Crippen molar-refractivity contribution in [2.24, 2.45) is 0 Å². The molecule has 0 aliphatic rings. The molecule has 0 aliphatic carbocycles. The molecule has 84 valence electrons. The standard InChI is InChI=1S/C11H14N4S/c1-7-3-4-10(12)11(14-7)13-5-9-6-16-8(2)15-9/h3-4,6H,5,12H2,1-2H3,(H,13,14). The number of hydrogen-bond acceptors (Lipinski definition) is 5. The molecule has 0 spiro atoms. The van der Waals surface area contributed by atoms with Crippen molar-refractivity contribution in [1.82, 2.24) is 9.97 Å². The van der Waals surface area contributed by atoms with E-state index >= 15 is 0 Å². The third kappa shape index (κ3) is 2.49. The number of rotatable bonds is 3. The van der Waals surface area contributed by atoms with Crippen LogP contribution >= 0.6 is 11.3 Å². The molecule has 0 bridgehead atoms. The van der Waals surface area contributed by atoms with Crippen molar-refractivity contribution in [3.63, 3.8) is 0 Å². The van der Waals surface area contributed by atoms with Crippen molar-refractivity contribution in [3.05, 3.63) is 33.9 Å². The maximum atomic E-state index is 5.82. The van der Waals surface area contributed by atoms with Gasteiger partial charge in [0.05, 0.1) is 22.9 Å². The van der Waals surface area contributed by atoms with Gasteiger partial charge in [0.25, 0.3) is 0 Å². The van der Waals surface area contributed by atoms with Gasteiger partial charge in [-0.2, -0.15) is 0 Å². The van der Waals surface area contributed by atoms with Gasteiger partial charge >= 0.3 is 0 Å². The molecule has 0 radical (unpaired) electrons. The molecule has 5 heteroatoms. The number of nitrogen functional groups attached to an aromatic ring is 1. The molecule has 0 aromatic carbocycles. The summed E-state index contributed by atoms with van der Waals surface area (Å²) in [5.41, 5.74) is 8.45. The molecule has 0 aliphatic heterocycles. The van der Waals surface area contributed by atoms with E-state index in [0.29, 0.717) is 12.2 Å². The maximum absolute atomic E-state index is 5.82. The molecule has 0 saturated carbocycles. The van der Waals surface area contributed by atoms with Crippen LogP contribution in [0.3, 0.4) is 0 Å². The van der Waals surface area contributed by atoms with Crippen LogP contribution < -0.4 is 11.1 Å². The predicted octanol–water partition coefficient (Wildman–Crippen LogP) is 2.35. The minimum Gasteiger partial charge on any atom is -0.396 e. The molecule has 0 saturated heterocycles. The summed E-state index contributed by atoms with van der Waals surface area (Å²) < 4.78 is 0. The lowest BCUT2D eigenvalue weighted by Gasteiger charge is -2.07. The topological polar surface area (TPSA) is 63.8 Å². The van der Waals surface area contributed by atoms with Crippen molar-refractivity contribution in [2.75, 3.05) is 11.1 Å². The summed E-state index contributed by atoms with van der Waals surface area (Å²) in [5, 5.41) is 6.30. The molecule has 0 fully saturated rings. The Morgan fingerprint density at radius 3 is 2.81 bits per heavy atom. The lowest BCUT2D eigenvalue weighted by molar-refractivity contribution is 1.03. The highest BCUT2D eigenvalue weighted by Crippen LogP contribution is 2.17. The van der Waals surface area contributed by atoms with Gasteiger partial charge in [-0.25, -0.2) is 9.97 Å². The fraction of sp³-hybridized carbons (Fsp3) is 0.273. The number of aromatic nitrogens is 2. The molecule has 3 N–H and O–H groups in total. The molecule has 2 aromatic rings. The van der Waals surface area contributed by atoms with Gasteiger partial charge in [0, 0.05) is 11.1 Å². The number of hydrogen-bond donors (Lipinski definition) is 2. The molecule has 2 heterocycles. The quantitative estimate of drug-likeness (QED) is 0.855. The number of thiazole rings is 1. The summed E-state index contributed by atoms with van der Waals surface area (Å²) in [6.07, 6.45) is 0. The smallest absolute Gasteiger partial charge is 0.149 e. The first-order valence-corrected chi connectivity index (χ1v) is 5.91. The van der Waals surface area contributed by atoms with Crippen LogP contribution in [-0.2, 0) is 6.54 Å². The van der Waals surface area contributed by atoms with Crippen LogP contribution in [0.25, 0.3) is 0 Å². The maximum Gasteiger partial charge on any atom is 0.149 e. The second-order valence-electron chi connectivity index (χ2n) is 3.60. The average Bonchev–Trinajstić information content (AvgIpc) is 2.66. The number of anilines is 2. The predicted molar refractivity (Wildman–Crippen MR) is 67.6 cm³/mol. The van der Waals surface area contributed by atoms with Gasteiger partial charge in [0.15, 0.2) is 0 Å². The summed E-state index contributed by atoms with van der Waals surface area (Å²) in [4.78, 5) is 8.70. The van der Waals surface area contributed by atoms with E-state index < -0.39 is 0 Å². The zero-order chi connectivity index (χ0) is 11.5. The third-order valence-corrected chi connectivity index (χ3v) is 2.99.